The first kappa shape index (κ1) is 14.7. The SMILES string of the molecule is NCCc1c[nH]c2ccc3c(=O)n(Cc4ccncc4)ccc3c12. The summed E-state index contributed by atoms with van der Waals surface area (Å²) in [4.78, 5) is 20.2. The molecule has 3 heterocycles. The zero-order valence-corrected chi connectivity index (χ0v) is 13.2. The minimum atomic E-state index is 0.0195. The number of pyridine rings is 2. The summed E-state index contributed by atoms with van der Waals surface area (Å²) in [6, 6.07) is 9.73. The quantitative estimate of drug-likeness (QED) is 0.607. The number of nitrogens with one attached hydrogen (secondary N) is 1. The lowest BCUT2D eigenvalue weighted by Crippen LogP contribution is -2.20. The Balaban J connectivity index is 1.89. The highest BCUT2D eigenvalue weighted by atomic mass is 16.1. The van der Waals surface area contributed by atoms with Gasteiger partial charge in [0.25, 0.3) is 5.56 Å². The minimum absolute atomic E-state index is 0.0195. The number of rotatable bonds is 4. The Morgan fingerprint density at radius 1 is 1.08 bits per heavy atom. The molecule has 120 valence electrons. The summed E-state index contributed by atoms with van der Waals surface area (Å²) in [6.07, 6.45) is 8.12. The summed E-state index contributed by atoms with van der Waals surface area (Å²) in [7, 11) is 0. The van der Waals surface area contributed by atoms with E-state index in [0.717, 1.165) is 39.2 Å². The van der Waals surface area contributed by atoms with E-state index in [4.69, 9.17) is 5.73 Å². The van der Waals surface area contributed by atoms with E-state index in [9.17, 15) is 4.79 Å². The van der Waals surface area contributed by atoms with Crippen LogP contribution in [-0.4, -0.2) is 21.1 Å². The molecule has 24 heavy (non-hydrogen) atoms. The van der Waals surface area contributed by atoms with Gasteiger partial charge in [-0.3, -0.25) is 9.78 Å². The first-order valence-electron chi connectivity index (χ1n) is 7.99. The summed E-state index contributed by atoms with van der Waals surface area (Å²) in [5.41, 5.74) is 8.98. The van der Waals surface area contributed by atoms with Gasteiger partial charge < -0.3 is 15.3 Å². The fraction of sp³-hybridized carbons (Fsp3) is 0.158. The second kappa shape index (κ2) is 5.94. The van der Waals surface area contributed by atoms with Crippen LogP contribution in [0.4, 0.5) is 0 Å². The smallest absolute Gasteiger partial charge is 0.258 e. The largest absolute Gasteiger partial charge is 0.361 e. The van der Waals surface area contributed by atoms with Gasteiger partial charge in [-0.2, -0.15) is 0 Å². The summed E-state index contributed by atoms with van der Waals surface area (Å²) < 4.78 is 1.73. The molecular formula is C19H18N4O. The normalized spacial score (nSPS) is 11.4. The van der Waals surface area contributed by atoms with Crippen LogP contribution in [0.5, 0.6) is 0 Å². The Labute approximate surface area is 138 Å². The number of aromatic amines is 1. The van der Waals surface area contributed by atoms with Crippen molar-refractivity contribution in [3.8, 4) is 0 Å². The van der Waals surface area contributed by atoms with E-state index in [1.165, 1.54) is 0 Å². The van der Waals surface area contributed by atoms with Gasteiger partial charge in [0.05, 0.1) is 6.54 Å². The first-order valence-corrected chi connectivity index (χ1v) is 7.99. The molecule has 0 radical (unpaired) electrons. The number of nitrogens with zero attached hydrogens (tertiary/aromatic N) is 2. The third-order valence-corrected chi connectivity index (χ3v) is 4.40. The number of nitrogens with two attached hydrogens (primary N) is 1. The maximum absolute atomic E-state index is 12.9. The van der Waals surface area contributed by atoms with Crippen molar-refractivity contribution in [2.45, 2.75) is 13.0 Å². The molecule has 0 atom stereocenters. The lowest BCUT2D eigenvalue weighted by atomic mass is 10.0. The molecule has 5 nitrogen and oxygen atoms in total. The molecule has 4 aromatic rings. The lowest BCUT2D eigenvalue weighted by molar-refractivity contribution is 0.767. The van der Waals surface area contributed by atoms with Gasteiger partial charge in [-0.05, 0) is 59.8 Å². The van der Waals surface area contributed by atoms with Gasteiger partial charge in [-0.1, -0.05) is 0 Å². The number of H-pyrrole nitrogens is 1. The van der Waals surface area contributed by atoms with Crippen LogP contribution in [0.3, 0.4) is 0 Å². The van der Waals surface area contributed by atoms with Crippen molar-refractivity contribution >= 4 is 21.7 Å². The molecule has 4 rings (SSSR count). The van der Waals surface area contributed by atoms with Crippen molar-refractivity contribution in [1.29, 1.82) is 0 Å². The van der Waals surface area contributed by atoms with E-state index >= 15 is 0 Å². The molecular weight excluding hydrogens is 300 g/mol. The lowest BCUT2D eigenvalue weighted by Gasteiger charge is -2.09. The summed E-state index contributed by atoms with van der Waals surface area (Å²) in [5, 5.41) is 2.82. The van der Waals surface area contributed by atoms with Crippen molar-refractivity contribution in [1.82, 2.24) is 14.5 Å². The number of fused-ring (bicyclic) bond motifs is 3. The Bertz CT molecular complexity index is 1060. The van der Waals surface area contributed by atoms with E-state index in [1.54, 1.807) is 17.0 Å². The average Bonchev–Trinajstić information content (AvgIpc) is 3.02. The number of benzene rings is 1. The summed E-state index contributed by atoms with van der Waals surface area (Å²) in [6.45, 7) is 1.13. The molecule has 0 fully saturated rings. The van der Waals surface area contributed by atoms with Gasteiger partial charge in [0.1, 0.15) is 0 Å². The molecule has 0 aliphatic rings. The number of aromatic nitrogens is 3. The van der Waals surface area contributed by atoms with Gasteiger partial charge in [-0.15, -0.1) is 0 Å². The minimum Gasteiger partial charge on any atom is -0.361 e. The van der Waals surface area contributed by atoms with Crippen molar-refractivity contribution in [2.75, 3.05) is 6.54 Å². The second-order valence-corrected chi connectivity index (χ2v) is 5.91. The molecule has 0 saturated heterocycles. The van der Waals surface area contributed by atoms with Crippen molar-refractivity contribution in [3.63, 3.8) is 0 Å². The van der Waals surface area contributed by atoms with Crippen molar-refractivity contribution in [2.24, 2.45) is 5.73 Å². The molecule has 1 aromatic carbocycles. The zero-order chi connectivity index (χ0) is 16.5. The van der Waals surface area contributed by atoms with Crippen LogP contribution in [0.25, 0.3) is 21.7 Å². The van der Waals surface area contributed by atoms with Gasteiger partial charge in [0.2, 0.25) is 0 Å². The summed E-state index contributed by atoms with van der Waals surface area (Å²) >= 11 is 0. The molecule has 3 N–H and O–H groups in total. The Hall–Kier alpha value is -2.92. The molecule has 3 aromatic heterocycles. The number of hydrogen-bond donors (Lipinski definition) is 2. The fourth-order valence-corrected chi connectivity index (χ4v) is 3.23. The molecule has 0 aliphatic carbocycles. The van der Waals surface area contributed by atoms with Crippen LogP contribution in [0.1, 0.15) is 11.1 Å². The Kier molecular flexibility index (Phi) is 3.63. The third-order valence-electron chi connectivity index (χ3n) is 4.40. The van der Waals surface area contributed by atoms with Gasteiger partial charge >= 0.3 is 0 Å². The molecule has 0 saturated carbocycles. The van der Waals surface area contributed by atoms with Crippen LogP contribution in [0.2, 0.25) is 0 Å². The van der Waals surface area contributed by atoms with Crippen molar-refractivity contribution < 1.29 is 0 Å². The third kappa shape index (κ3) is 2.39. The molecule has 0 aliphatic heterocycles. The van der Waals surface area contributed by atoms with Gasteiger partial charge in [0, 0.05) is 41.1 Å². The highest BCUT2D eigenvalue weighted by Crippen LogP contribution is 2.26. The average molecular weight is 318 g/mol. The highest BCUT2D eigenvalue weighted by Gasteiger charge is 2.11. The Morgan fingerprint density at radius 3 is 2.71 bits per heavy atom. The molecule has 0 spiro atoms. The van der Waals surface area contributed by atoms with Gasteiger partial charge in [-0.25, -0.2) is 0 Å². The van der Waals surface area contributed by atoms with E-state index in [2.05, 4.69) is 9.97 Å². The monoisotopic (exact) mass is 318 g/mol. The maximum Gasteiger partial charge on any atom is 0.258 e. The molecule has 0 amide bonds. The van der Waals surface area contributed by atoms with Crippen LogP contribution >= 0.6 is 0 Å². The van der Waals surface area contributed by atoms with E-state index in [0.29, 0.717) is 13.1 Å². The molecule has 0 bridgehead atoms. The topological polar surface area (TPSA) is 76.7 Å². The molecule has 5 heteroatoms. The van der Waals surface area contributed by atoms with Gasteiger partial charge in [0.15, 0.2) is 0 Å². The molecule has 0 unspecified atom stereocenters. The zero-order valence-electron chi connectivity index (χ0n) is 13.2. The summed E-state index contributed by atoms with van der Waals surface area (Å²) in [5.74, 6) is 0. The fourth-order valence-electron chi connectivity index (χ4n) is 3.23. The first-order chi connectivity index (χ1) is 11.8. The van der Waals surface area contributed by atoms with E-state index < -0.39 is 0 Å². The van der Waals surface area contributed by atoms with E-state index in [1.807, 2.05) is 42.7 Å². The van der Waals surface area contributed by atoms with E-state index in [-0.39, 0.29) is 5.56 Å². The predicted molar refractivity (Wildman–Crippen MR) is 96.2 cm³/mol. The van der Waals surface area contributed by atoms with Crippen molar-refractivity contribution in [3.05, 3.63) is 76.6 Å². The second-order valence-electron chi connectivity index (χ2n) is 5.91. The van der Waals surface area contributed by atoms with Crippen LogP contribution in [-0.2, 0) is 13.0 Å². The Morgan fingerprint density at radius 2 is 1.92 bits per heavy atom. The predicted octanol–water partition coefficient (Wildman–Crippen LogP) is 2.43. The standard InChI is InChI=1S/C19H18N4O/c20-7-3-14-11-22-17-2-1-16-15(18(14)17)6-10-23(19(16)24)12-13-4-8-21-9-5-13/h1-2,4-6,8-11,22H,3,7,12,20H2. The van der Waals surface area contributed by atoms with Crippen LogP contribution in [0.15, 0.2) is 59.9 Å². The maximum atomic E-state index is 12.9. The number of hydrogen-bond acceptors (Lipinski definition) is 3. The highest BCUT2D eigenvalue weighted by molar-refractivity contribution is 6.07. The van der Waals surface area contributed by atoms with Crippen LogP contribution < -0.4 is 11.3 Å². The van der Waals surface area contributed by atoms with Crippen LogP contribution in [0, 0.1) is 0 Å².